The summed E-state index contributed by atoms with van der Waals surface area (Å²) in [5.74, 6) is 0.950. The Bertz CT molecular complexity index is 261. The number of aromatic nitrogens is 2. The van der Waals surface area contributed by atoms with Crippen LogP contribution in [0.2, 0.25) is 0 Å². The van der Waals surface area contributed by atoms with Crippen molar-refractivity contribution in [3.8, 4) is 0 Å². The highest BCUT2D eigenvalue weighted by atomic mass is 15.3. The number of likely N-dealkylation sites (N-methyl/N-ethyl adjacent to an activating group) is 1. The standard InChI is InChI=1S/C11H20N4/c1-4-15(9-8-12-10(2)3)11-6-5-7-13-14-11/h5-7,10,12H,4,8-9H2,1-3H3. The highest BCUT2D eigenvalue weighted by molar-refractivity contribution is 5.35. The smallest absolute Gasteiger partial charge is 0.151 e. The van der Waals surface area contributed by atoms with E-state index in [1.807, 2.05) is 12.1 Å². The number of rotatable bonds is 6. The molecule has 84 valence electrons. The summed E-state index contributed by atoms with van der Waals surface area (Å²) in [6, 6.07) is 4.44. The van der Waals surface area contributed by atoms with Crippen molar-refractivity contribution in [2.24, 2.45) is 0 Å². The molecule has 4 nitrogen and oxygen atoms in total. The second-order valence-electron chi connectivity index (χ2n) is 3.77. The van der Waals surface area contributed by atoms with Crippen LogP contribution in [0.1, 0.15) is 20.8 Å². The van der Waals surface area contributed by atoms with Gasteiger partial charge >= 0.3 is 0 Å². The summed E-state index contributed by atoms with van der Waals surface area (Å²) in [6.45, 7) is 9.33. The van der Waals surface area contributed by atoms with Crippen LogP contribution in [0.3, 0.4) is 0 Å². The van der Waals surface area contributed by atoms with Crippen molar-refractivity contribution >= 4 is 5.82 Å². The summed E-state index contributed by atoms with van der Waals surface area (Å²) >= 11 is 0. The molecule has 0 aliphatic carbocycles. The Morgan fingerprint density at radius 1 is 1.47 bits per heavy atom. The van der Waals surface area contributed by atoms with Gasteiger partial charge < -0.3 is 10.2 Å². The number of nitrogens with one attached hydrogen (secondary N) is 1. The Morgan fingerprint density at radius 2 is 2.27 bits per heavy atom. The number of hydrogen-bond acceptors (Lipinski definition) is 4. The van der Waals surface area contributed by atoms with Gasteiger partial charge in [-0.1, -0.05) is 13.8 Å². The molecular weight excluding hydrogens is 188 g/mol. The summed E-state index contributed by atoms with van der Waals surface area (Å²) < 4.78 is 0. The Labute approximate surface area is 91.7 Å². The Morgan fingerprint density at radius 3 is 2.80 bits per heavy atom. The molecule has 0 radical (unpaired) electrons. The van der Waals surface area contributed by atoms with E-state index in [-0.39, 0.29) is 0 Å². The lowest BCUT2D eigenvalue weighted by Crippen LogP contribution is -2.35. The SMILES string of the molecule is CCN(CCNC(C)C)c1cccnn1. The summed E-state index contributed by atoms with van der Waals surface area (Å²) in [7, 11) is 0. The predicted octanol–water partition coefficient (Wildman–Crippen LogP) is 1.30. The molecule has 0 unspecified atom stereocenters. The zero-order valence-corrected chi connectivity index (χ0v) is 9.77. The summed E-state index contributed by atoms with van der Waals surface area (Å²) in [4.78, 5) is 2.21. The van der Waals surface area contributed by atoms with Crippen LogP contribution in [0.4, 0.5) is 5.82 Å². The zero-order chi connectivity index (χ0) is 11.1. The van der Waals surface area contributed by atoms with Gasteiger partial charge in [0.05, 0.1) is 0 Å². The molecule has 1 N–H and O–H groups in total. The molecule has 0 fully saturated rings. The Kier molecular flexibility index (Phi) is 5.04. The fraction of sp³-hybridized carbons (Fsp3) is 0.636. The topological polar surface area (TPSA) is 41.0 Å². The van der Waals surface area contributed by atoms with Crippen LogP contribution in [0.5, 0.6) is 0 Å². The van der Waals surface area contributed by atoms with E-state index in [4.69, 9.17) is 0 Å². The van der Waals surface area contributed by atoms with Gasteiger partial charge in [-0.15, -0.1) is 5.10 Å². The van der Waals surface area contributed by atoms with Crippen LogP contribution in [0.25, 0.3) is 0 Å². The minimum Gasteiger partial charge on any atom is -0.354 e. The van der Waals surface area contributed by atoms with E-state index in [1.54, 1.807) is 6.20 Å². The third kappa shape index (κ3) is 4.25. The fourth-order valence-corrected chi connectivity index (χ4v) is 1.38. The van der Waals surface area contributed by atoms with Crippen molar-refractivity contribution in [1.82, 2.24) is 15.5 Å². The molecule has 0 aliphatic heterocycles. The lowest BCUT2D eigenvalue weighted by Gasteiger charge is -2.21. The molecule has 15 heavy (non-hydrogen) atoms. The summed E-state index contributed by atoms with van der Waals surface area (Å²) in [5.41, 5.74) is 0. The third-order valence-electron chi connectivity index (χ3n) is 2.20. The van der Waals surface area contributed by atoms with Gasteiger partial charge in [0, 0.05) is 31.9 Å². The van der Waals surface area contributed by atoms with Crippen molar-refractivity contribution in [2.75, 3.05) is 24.5 Å². The third-order valence-corrected chi connectivity index (χ3v) is 2.20. The lowest BCUT2D eigenvalue weighted by atomic mass is 10.3. The molecule has 0 amide bonds. The van der Waals surface area contributed by atoms with Gasteiger partial charge in [0.25, 0.3) is 0 Å². The Hall–Kier alpha value is -1.16. The summed E-state index contributed by atoms with van der Waals surface area (Å²) in [5, 5.41) is 11.4. The first-order chi connectivity index (χ1) is 7.24. The number of anilines is 1. The first-order valence-corrected chi connectivity index (χ1v) is 5.50. The highest BCUT2D eigenvalue weighted by Crippen LogP contribution is 2.06. The van der Waals surface area contributed by atoms with E-state index >= 15 is 0 Å². The molecule has 0 aromatic carbocycles. The molecule has 1 rings (SSSR count). The maximum absolute atomic E-state index is 4.10. The van der Waals surface area contributed by atoms with Gasteiger partial charge in [-0.25, -0.2) is 0 Å². The molecule has 0 bridgehead atoms. The lowest BCUT2D eigenvalue weighted by molar-refractivity contribution is 0.581. The minimum absolute atomic E-state index is 0.533. The Balaban J connectivity index is 2.43. The van der Waals surface area contributed by atoms with Crippen LogP contribution >= 0.6 is 0 Å². The average Bonchev–Trinajstić information content (AvgIpc) is 2.25. The van der Waals surface area contributed by atoms with E-state index in [2.05, 4.69) is 41.2 Å². The maximum atomic E-state index is 4.10. The van der Waals surface area contributed by atoms with Crippen LogP contribution in [0, 0.1) is 0 Å². The van der Waals surface area contributed by atoms with Crippen molar-refractivity contribution in [3.63, 3.8) is 0 Å². The van der Waals surface area contributed by atoms with Crippen LogP contribution in [0.15, 0.2) is 18.3 Å². The van der Waals surface area contributed by atoms with Crippen molar-refractivity contribution < 1.29 is 0 Å². The second kappa shape index (κ2) is 6.35. The van der Waals surface area contributed by atoms with E-state index in [0.717, 1.165) is 25.5 Å². The molecule has 1 aromatic heterocycles. The van der Waals surface area contributed by atoms with Crippen molar-refractivity contribution in [3.05, 3.63) is 18.3 Å². The average molecular weight is 208 g/mol. The van der Waals surface area contributed by atoms with E-state index in [9.17, 15) is 0 Å². The highest BCUT2D eigenvalue weighted by Gasteiger charge is 2.04. The van der Waals surface area contributed by atoms with Gasteiger partial charge in [-0.2, -0.15) is 5.10 Å². The van der Waals surface area contributed by atoms with Crippen molar-refractivity contribution in [2.45, 2.75) is 26.8 Å². The second-order valence-corrected chi connectivity index (χ2v) is 3.77. The van der Waals surface area contributed by atoms with Crippen LogP contribution in [-0.2, 0) is 0 Å². The predicted molar refractivity (Wildman–Crippen MR) is 63.1 cm³/mol. The van der Waals surface area contributed by atoms with Crippen LogP contribution in [-0.4, -0.2) is 35.9 Å². The number of nitrogens with zero attached hydrogens (tertiary/aromatic N) is 3. The van der Waals surface area contributed by atoms with Crippen molar-refractivity contribution in [1.29, 1.82) is 0 Å². The van der Waals surface area contributed by atoms with E-state index in [0.29, 0.717) is 6.04 Å². The van der Waals surface area contributed by atoms with E-state index in [1.165, 1.54) is 0 Å². The van der Waals surface area contributed by atoms with Gasteiger partial charge in [0.1, 0.15) is 0 Å². The molecular formula is C11H20N4. The monoisotopic (exact) mass is 208 g/mol. The van der Waals surface area contributed by atoms with Gasteiger partial charge in [0.2, 0.25) is 0 Å². The molecule has 0 aliphatic rings. The van der Waals surface area contributed by atoms with Gasteiger partial charge in [-0.3, -0.25) is 0 Å². The minimum atomic E-state index is 0.533. The van der Waals surface area contributed by atoms with E-state index < -0.39 is 0 Å². The molecule has 1 heterocycles. The normalized spacial score (nSPS) is 10.7. The molecule has 1 aromatic rings. The largest absolute Gasteiger partial charge is 0.354 e. The van der Waals surface area contributed by atoms with Gasteiger partial charge in [-0.05, 0) is 19.1 Å². The molecule has 0 spiro atoms. The molecule has 4 heteroatoms. The quantitative estimate of drug-likeness (QED) is 0.765. The maximum Gasteiger partial charge on any atom is 0.151 e. The first kappa shape index (κ1) is 11.9. The molecule has 0 atom stereocenters. The summed E-state index contributed by atoms with van der Waals surface area (Å²) in [6.07, 6.45) is 1.70. The first-order valence-electron chi connectivity index (χ1n) is 5.50. The molecule has 0 saturated carbocycles. The van der Waals surface area contributed by atoms with Crippen LogP contribution < -0.4 is 10.2 Å². The zero-order valence-electron chi connectivity index (χ0n) is 9.77. The fourth-order valence-electron chi connectivity index (χ4n) is 1.38. The number of hydrogen-bond donors (Lipinski definition) is 1. The van der Waals surface area contributed by atoms with Gasteiger partial charge in [0.15, 0.2) is 5.82 Å². The molecule has 0 saturated heterocycles.